The summed E-state index contributed by atoms with van der Waals surface area (Å²) in [7, 11) is 0. The summed E-state index contributed by atoms with van der Waals surface area (Å²) in [6.45, 7) is 10.8. The first-order valence-corrected chi connectivity index (χ1v) is 4.33. The zero-order valence-electron chi connectivity index (χ0n) is 8.35. The normalized spacial score (nSPS) is 17.5. The first kappa shape index (κ1) is 10.7. The number of hydrogen-bond donors (Lipinski definition) is 0. The second-order valence-electron chi connectivity index (χ2n) is 4.62. The van der Waals surface area contributed by atoms with Crippen molar-refractivity contribution in [2.75, 3.05) is 0 Å². The van der Waals surface area contributed by atoms with Crippen molar-refractivity contribution in [2.24, 2.45) is 17.3 Å². The largest absolute Gasteiger partial charge is 0.303 e. The molecule has 2 unspecified atom stereocenters. The monoisotopic (exact) mass is 156 g/mol. The van der Waals surface area contributed by atoms with E-state index in [0.29, 0.717) is 11.3 Å². The van der Waals surface area contributed by atoms with Gasteiger partial charge in [-0.05, 0) is 17.8 Å². The van der Waals surface area contributed by atoms with E-state index in [1.807, 2.05) is 6.92 Å². The van der Waals surface area contributed by atoms with Crippen LogP contribution in [0, 0.1) is 17.3 Å². The van der Waals surface area contributed by atoms with Gasteiger partial charge in [-0.15, -0.1) is 0 Å². The van der Waals surface area contributed by atoms with Crippen molar-refractivity contribution in [3.8, 4) is 0 Å². The molecule has 11 heavy (non-hydrogen) atoms. The topological polar surface area (TPSA) is 17.1 Å². The summed E-state index contributed by atoms with van der Waals surface area (Å²) in [5.41, 5.74) is 0.331. The van der Waals surface area contributed by atoms with E-state index in [9.17, 15) is 4.79 Å². The molecular weight excluding hydrogens is 136 g/mol. The second-order valence-corrected chi connectivity index (χ2v) is 4.62. The lowest BCUT2D eigenvalue weighted by Gasteiger charge is -2.28. The van der Waals surface area contributed by atoms with Crippen molar-refractivity contribution >= 4 is 6.29 Å². The van der Waals surface area contributed by atoms with Gasteiger partial charge in [0, 0.05) is 5.92 Å². The molecule has 0 radical (unpaired) electrons. The highest BCUT2D eigenvalue weighted by atomic mass is 16.1. The summed E-state index contributed by atoms with van der Waals surface area (Å²) in [5, 5.41) is 0. The van der Waals surface area contributed by atoms with Gasteiger partial charge in [0.1, 0.15) is 6.29 Å². The van der Waals surface area contributed by atoms with Crippen LogP contribution in [-0.2, 0) is 4.79 Å². The molecule has 0 saturated heterocycles. The fraction of sp³-hybridized carbons (Fsp3) is 0.900. The zero-order chi connectivity index (χ0) is 9.07. The molecular formula is C10H20O. The van der Waals surface area contributed by atoms with Gasteiger partial charge < -0.3 is 4.79 Å². The smallest absolute Gasteiger partial charge is 0.122 e. The predicted octanol–water partition coefficient (Wildman–Crippen LogP) is 2.89. The van der Waals surface area contributed by atoms with Gasteiger partial charge in [0.05, 0.1) is 0 Å². The van der Waals surface area contributed by atoms with Crippen LogP contribution in [0.2, 0.25) is 0 Å². The fourth-order valence-electron chi connectivity index (χ4n) is 0.967. The van der Waals surface area contributed by atoms with Crippen LogP contribution in [0.1, 0.15) is 41.0 Å². The fourth-order valence-corrected chi connectivity index (χ4v) is 0.967. The Morgan fingerprint density at radius 2 is 1.73 bits per heavy atom. The molecule has 0 aliphatic carbocycles. The summed E-state index contributed by atoms with van der Waals surface area (Å²) in [5.74, 6) is 0.826. The lowest BCUT2D eigenvalue weighted by atomic mass is 9.78. The highest BCUT2D eigenvalue weighted by molar-refractivity contribution is 5.52. The molecule has 0 spiro atoms. The maximum atomic E-state index is 10.4. The van der Waals surface area contributed by atoms with E-state index in [1.54, 1.807) is 0 Å². The lowest BCUT2D eigenvalue weighted by Crippen LogP contribution is -2.19. The van der Waals surface area contributed by atoms with E-state index in [0.717, 1.165) is 12.7 Å². The maximum Gasteiger partial charge on any atom is 0.122 e. The third kappa shape index (κ3) is 4.18. The van der Waals surface area contributed by atoms with Crippen LogP contribution in [0.4, 0.5) is 0 Å². The predicted molar refractivity (Wildman–Crippen MR) is 48.5 cm³/mol. The Balaban J connectivity index is 3.87. The molecule has 1 heteroatoms. The van der Waals surface area contributed by atoms with Gasteiger partial charge in [-0.2, -0.15) is 0 Å². The molecule has 0 aliphatic heterocycles. The average molecular weight is 156 g/mol. The molecule has 0 fully saturated rings. The molecule has 0 aromatic heterocycles. The zero-order valence-corrected chi connectivity index (χ0v) is 8.35. The van der Waals surface area contributed by atoms with Gasteiger partial charge in [0.2, 0.25) is 0 Å². The number of rotatable bonds is 3. The average Bonchev–Trinajstić information content (AvgIpc) is 1.85. The summed E-state index contributed by atoms with van der Waals surface area (Å²) in [4.78, 5) is 10.4. The molecule has 1 nitrogen and oxygen atoms in total. The first-order chi connectivity index (χ1) is 4.88. The highest BCUT2D eigenvalue weighted by Gasteiger charge is 2.21. The first-order valence-electron chi connectivity index (χ1n) is 4.33. The van der Waals surface area contributed by atoms with Crippen LogP contribution in [-0.4, -0.2) is 6.29 Å². The van der Waals surface area contributed by atoms with Crippen molar-refractivity contribution in [2.45, 2.75) is 41.0 Å². The van der Waals surface area contributed by atoms with Crippen molar-refractivity contribution in [1.82, 2.24) is 0 Å². The Bertz CT molecular complexity index is 121. The Morgan fingerprint density at radius 1 is 1.27 bits per heavy atom. The van der Waals surface area contributed by atoms with E-state index >= 15 is 0 Å². The summed E-state index contributed by atoms with van der Waals surface area (Å²) < 4.78 is 0. The van der Waals surface area contributed by atoms with Crippen LogP contribution in [0.15, 0.2) is 0 Å². The van der Waals surface area contributed by atoms with Gasteiger partial charge in [-0.3, -0.25) is 0 Å². The molecule has 2 atom stereocenters. The number of carbonyl (C=O) groups excluding carboxylic acids is 1. The van der Waals surface area contributed by atoms with Crippen LogP contribution < -0.4 is 0 Å². The van der Waals surface area contributed by atoms with Crippen molar-refractivity contribution in [3.63, 3.8) is 0 Å². The van der Waals surface area contributed by atoms with E-state index in [1.165, 1.54) is 0 Å². The van der Waals surface area contributed by atoms with Crippen LogP contribution in [0.5, 0.6) is 0 Å². The third-order valence-corrected chi connectivity index (χ3v) is 2.44. The second kappa shape index (κ2) is 3.89. The summed E-state index contributed by atoms with van der Waals surface area (Å²) in [6.07, 6.45) is 2.05. The van der Waals surface area contributed by atoms with Crippen LogP contribution in [0.3, 0.4) is 0 Å². The Hall–Kier alpha value is -0.330. The Morgan fingerprint density at radius 3 is 2.00 bits per heavy atom. The number of hydrogen-bond acceptors (Lipinski definition) is 1. The van der Waals surface area contributed by atoms with Crippen molar-refractivity contribution < 1.29 is 4.79 Å². The number of aldehydes is 1. The Kier molecular flexibility index (Phi) is 3.77. The summed E-state index contributed by atoms with van der Waals surface area (Å²) in [6, 6.07) is 0. The van der Waals surface area contributed by atoms with Gasteiger partial charge in [-0.1, -0.05) is 34.6 Å². The minimum atomic E-state index is 0.212. The maximum absolute atomic E-state index is 10.4. The van der Waals surface area contributed by atoms with E-state index < -0.39 is 0 Å². The van der Waals surface area contributed by atoms with Gasteiger partial charge in [0.15, 0.2) is 0 Å². The molecule has 0 amide bonds. The van der Waals surface area contributed by atoms with Crippen LogP contribution in [0.25, 0.3) is 0 Å². The van der Waals surface area contributed by atoms with E-state index in [-0.39, 0.29) is 5.92 Å². The molecule has 0 aromatic carbocycles. The van der Waals surface area contributed by atoms with E-state index in [2.05, 4.69) is 27.7 Å². The van der Waals surface area contributed by atoms with Crippen LogP contribution >= 0.6 is 0 Å². The molecule has 66 valence electrons. The minimum Gasteiger partial charge on any atom is -0.303 e. The molecule has 0 aliphatic rings. The highest BCUT2D eigenvalue weighted by Crippen LogP contribution is 2.29. The van der Waals surface area contributed by atoms with Crippen molar-refractivity contribution in [1.29, 1.82) is 0 Å². The molecule has 0 heterocycles. The van der Waals surface area contributed by atoms with Gasteiger partial charge >= 0.3 is 0 Å². The molecule has 0 rings (SSSR count). The van der Waals surface area contributed by atoms with Gasteiger partial charge in [0.25, 0.3) is 0 Å². The van der Waals surface area contributed by atoms with E-state index in [4.69, 9.17) is 0 Å². The molecule has 0 bridgehead atoms. The standard InChI is InChI=1S/C10H20O/c1-8(7-11)6-9(2)10(3,4)5/h7-9H,6H2,1-5H3. The number of carbonyl (C=O) groups is 1. The van der Waals surface area contributed by atoms with Crippen molar-refractivity contribution in [3.05, 3.63) is 0 Å². The minimum absolute atomic E-state index is 0.212. The Labute approximate surface area is 70.2 Å². The molecule has 0 aromatic rings. The molecule has 0 N–H and O–H groups in total. The third-order valence-electron chi connectivity index (χ3n) is 2.44. The SMILES string of the molecule is CC(C=O)CC(C)C(C)(C)C. The lowest BCUT2D eigenvalue weighted by molar-refractivity contribution is -0.111. The summed E-state index contributed by atoms with van der Waals surface area (Å²) >= 11 is 0. The van der Waals surface area contributed by atoms with Gasteiger partial charge in [-0.25, -0.2) is 0 Å². The quantitative estimate of drug-likeness (QED) is 0.574. The molecule has 0 saturated carbocycles.